The Kier molecular flexibility index (Phi) is 6.54. The number of carbonyl (C=O) groups excluding carboxylic acids is 2. The van der Waals surface area contributed by atoms with Gasteiger partial charge in [0.25, 0.3) is 0 Å². The summed E-state index contributed by atoms with van der Waals surface area (Å²) in [5.74, 6) is -0.476. The van der Waals surface area contributed by atoms with Crippen LogP contribution in [0.15, 0.2) is 11.5 Å². The summed E-state index contributed by atoms with van der Waals surface area (Å²) in [5.41, 5.74) is 1.59. The molecule has 3 rings (SSSR count). The maximum atomic E-state index is 12.9. The molecule has 2 aromatic heterocycles. The van der Waals surface area contributed by atoms with E-state index in [1.54, 1.807) is 17.8 Å². The van der Waals surface area contributed by atoms with Crippen molar-refractivity contribution in [1.82, 2.24) is 14.8 Å². The molecule has 1 amide bonds. The highest BCUT2D eigenvalue weighted by Gasteiger charge is 2.29. The number of anilines is 1. The highest BCUT2D eigenvalue weighted by atomic mass is 32.2. The molecular weight excluding hydrogens is 384 g/mol. The Labute approximate surface area is 166 Å². The van der Waals surface area contributed by atoms with Crippen molar-refractivity contribution in [3.05, 3.63) is 22.3 Å². The molecule has 27 heavy (non-hydrogen) atoms. The molecule has 146 valence electrons. The van der Waals surface area contributed by atoms with E-state index in [9.17, 15) is 9.59 Å². The Morgan fingerprint density at radius 2 is 2.15 bits per heavy atom. The molecule has 2 heterocycles. The fourth-order valence-corrected chi connectivity index (χ4v) is 5.27. The first-order chi connectivity index (χ1) is 13.0. The van der Waals surface area contributed by atoms with E-state index in [4.69, 9.17) is 4.74 Å². The van der Waals surface area contributed by atoms with Gasteiger partial charge in [-0.15, -0.1) is 21.5 Å². The molecule has 0 aliphatic heterocycles. The quantitative estimate of drug-likeness (QED) is 0.558. The van der Waals surface area contributed by atoms with Crippen molar-refractivity contribution in [2.24, 2.45) is 7.05 Å². The number of esters is 1. The molecule has 7 nitrogen and oxygen atoms in total. The minimum absolute atomic E-state index is 0.130. The molecule has 0 radical (unpaired) electrons. The lowest BCUT2D eigenvalue weighted by atomic mass is 9.95. The monoisotopic (exact) mass is 408 g/mol. The predicted octanol–water partition coefficient (Wildman–Crippen LogP) is 3.44. The molecule has 1 aliphatic rings. The molecule has 1 atom stereocenters. The number of rotatable bonds is 7. The highest BCUT2D eigenvalue weighted by molar-refractivity contribution is 8.00. The summed E-state index contributed by atoms with van der Waals surface area (Å²) in [6.07, 6.45) is 6.24. The zero-order chi connectivity index (χ0) is 19.4. The third kappa shape index (κ3) is 4.35. The average molecular weight is 409 g/mol. The average Bonchev–Trinajstić information content (AvgIpc) is 3.22. The molecule has 0 aromatic carbocycles. The summed E-state index contributed by atoms with van der Waals surface area (Å²) in [6.45, 7) is 4.06. The number of fused-ring (bicyclic) bond motifs is 1. The van der Waals surface area contributed by atoms with Gasteiger partial charge < -0.3 is 14.6 Å². The number of carbonyl (C=O) groups is 2. The van der Waals surface area contributed by atoms with Gasteiger partial charge in [-0.3, -0.25) is 4.79 Å². The van der Waals surface area contributed by atoms with Gasteiger partial charge in [-0.2, -0.15) is 0 Å². The largest absolute Gasteiger partial charge is 0.462 e. The molecule has 1 unspecified atom stereocenters. The molecule has 2 aromatic rings. The fourth-order valence-electron chi connectivity index (χ4n) is 3.09. The Balaban J connectivity index is 1.83. The predicted molar refractivity (Wildman–Crippen MR) is 106 cm³/mol. The maximum Gasteiger partial charge on any atom is 0.341 e. The van der Waals surface area contributed by atoms with Gasteiger partial charge in [0.05, 0.1) is 17.4 Å². The molecule has 1 aliphatic carbocycles. The smallest absolute Gasteiger partial charge is 0.341 e. The van der Waals surface area contributed by atoms with Gasteiger partial charge >= 0.3 is 5.97 Å². The normalized spacial score (nSPS) is 14.5. The molecule has 0 saturated carbocycles. The van der Waals surface area contributed by atoms with Crippen molar-refractivity contribution in [2.45, 2.75) is 56.4 Å². The first-order valence-corrected chi connectivity index (χ1v) is 10.9. The van der Waals surface area contributed by atoms with Crippen LogP contribution in [0, 0.1) is 0 Å². The van der Waals surface area contributed by atoms with Crippen LogP contribution in [-0.2, 0) is 29.4 Å². The third-order valence-electron chi connectivity index (χ3n) is 4.47. The Bertz CT molecular complexity index is 831. The summed E-state index contributed by atoms with van der Waals surface area (Å²) in [4.78, 5) is 26.6. The van der Waals surface area contributed by atoms with Gasteiger partial charge in [0.15, 0.2) is 5.16 Å². The van der Waals surface area contributed by atoms with E-state index in [0.29, 0.717) is 28.7 Å². The Hall–Kier alpha value is -1.87. The number of nitrogens with zero attached hydrogens (tertiary/aromatic N) is 3. The van der Waals surface area contributed by atoms with Crippen LogP contribution in [0.4, 0.5) is 5.00 Å². The highest BCUT2D eigenvalue weighted by Crippen LogP contribution is 2.39. The van der Waals surface area contributed by atoms with Crippen LogP contribution in [-0.4, -0.2) is 38.5 Å². The SMILES string of the molecule is CCOC(=O)c1c(NC(=O)C(CC)Sc2nncn2C)sc2c1CCCC2. The van der Waals surface area contributed by atoms with Crippen LogP contribution >= 0.6 is 23.1 Å². The number of aromatic nitrogens is 3. The summed E-state index contributed by atoms with van der Waals surface area (Å²) in [7, 11) is 1.85. The zero-order valence-electron chi connectivity index (χ0n) is 15.8. The summed E-state index contributed by atoms with van der Waals surface area (Å²) in [6, 6.07) is 0. The van der Waals surface area contributed by atoms with E-state index in [1.165, 1.54) is 28.0 Å². The van der Waals surface area contributed by atoms with Crippen LogP contribution in [0.1, 0.15) is 53.9 Å². The van der Waals surface area contributed by atoms with Gasteiger partial charge in [-0.05, 0) is 44.6 Å². The lowest BCUT2D eigenvalue weighted by Gasteiger charge is -2.14. The van der Waals surface area contributed by atoms with Gasteiger partial charge in [0.1, 0.15) is 11.3 Å². The number of thioether (sulfide) groups is 1. The number of nitrogens with one attached hydrogen (secondary N) is 1. The van der Waals surface area contributed by atoms with Crippen LogP contribution in [0.5, 0.6) is 0 Å². The summed E-state index contributed by atoms with van der Waals surface area (Å²) >= 11 is 2.88. The Morgan fingerprint density at radius 3 is 2.81 bits per heavy atom. The second kappa shape index (κ2) is 8.88. The lowest BCUT2D eigenvalue weighted by Crippen LogP contribution is -2.25. The molecule has 9 heteroatoms. The molecule has 0 spiro atoms. The van der Waals surface area contributed by atoms with E-state index >= 15 is 0 Å². The van der Waals surface area contributed by atoms with Crippen LogP contribution < -0.4 is 5.32 Å². The van der Waals surface area contributed by atoms with E-state index < -0.39 is 0 Å². The summed E-state index contributed by atoms with van der Waals surface area (Å²) < 4.78 is 7.04. The van der Waals surface area contributed by atoms with Gasteiger partial charge in [-0.1, -0.05) is 18.7 Å². The van der Waals surface area contributed by atoms with E-state index in [-0.39, 0.29) is 17.1 Å². The van der Waals surface area contributed by atoms with Crippen molar-refractivity contribution in [3.63, 3.8) is 0 Å². The minimum Gasteiger partial charge on any atom is -0.462 e. The van der Waals surface area contributed by atoms with E-state index in [0.717, 1.165) is 31.2 Å². The number of hydrogen-bond donors (Lipinski definition) is 1. The number of thiophene rings is 1. The van der Waals surface area contributed by atoms with E-state index in [2.05, 4.69) is 15.5 Å². The first kappa shape index (κ1) is 19.9. The molecule has 0 bridgehead atoms. The minimum atomic E-state index is -0.346. The van der Waals surface area contributed by atoms with Gasteiger partial charge in [0, 0.05) is 11.9 Å². The number of ether oxygens (including phenoxy) is 1. The standard InChI is InChI=1S/C18H24N4O3S2/c1-4-12(27-18-21-19-10-22(18)3)15(23)20-16-14(17(24)25-5-2)11-8-6-7-9-13(11)26-16/h10,12H,4-9H2,1-3H3,(H,20,23). The van der Waals surface area contributed by atoms with Crippen molar-refractivity contribution < 1.29 is 14.3 Å². The Morgan fingerprint density at radius 1 is 1.37 bits per heavy atom. The number of hydrogen-bond acceptors (Lipinski definition) is 7. The van der Waals surface area contributed by atoms with Crippen LogP contribution in [0.2, 0.25) is 0 Å². The second-order valence-electron chi connectivity index (χ2n) is 6.36. The van der Waals surface area contributed by atoms with Crippen LogP contribution in [0.3, 0.4) is 0 Å². The van der Waals surface area contributed by atoms with E-state index in [1.807, 2.05) is 14.0 Å². The van der Waals surface area contributed by atoms with Crippen molar-refractivity contribution >= 4 is 40.0 Å². The number of aryl methyl sites for hydroxylation is 2. The van der Waals surface area contributed by atoms with Crippen molar-refractivity contribution in [1.29, 1.82) is 0 Å². The second-order valence-corrected chi connectivity index (χ2v) is 8.64. The maximum absolute atomic E-state index is 12.9. The fraction of sp³-hybridized carbons (Fsp3) is 0.556. The summed E-state index contributed by atoms with van der Waals surface area (Å²) in [5, 5.41) is 11.9. The van der Waals surface area contributed by atoms with Crippen molar-refractivity contribution in [3.8, 4) is 0 Å². The molecular formula is C18H24N4O3S2. The number of amides is 1. The molecule has 0 fully saturated rings. The van der Waals surface area contributed by atoms with Gasteiger partial charge in [0.2, 0.25) is 5.91 Å². The van der Waals surface area contributed by atoms with Crippen LogP contribution in [0.25, 0.3) is 0 Å². The van der Waals surface area contributed by atoms with Crippen molar-refractivity contribution in [2.75, 3.05) is 11.9 Å². The van der Waals surface area contributed by atoms with Gasteiger partial charge in [-0.25, -0.2) is 4.79 Å². The third-order valence-corrected chi connectivity index (χ3v) is 7.09. The first-order valence-electron chi connectivity index (χ1n) is 9.18. The topological polar surface area (TPSA) is 86.1 Å². The zero-order valence-corrected chi connectivity index (χ0v) is 17.4. The lowest BCUT2D eigenvalue weighted by molar-refractivity contribution is -0.115. The molecule has 0 saturated heterocycles. The molecule has 1 N–H and O–H groups in total.